The summed E-state index contributed by atoms with van der Waals surface area (Å²) in [5.41, 5.74) is 2.02. The van der Waals surface area contributed by atoms with Crippen LogP contribution in [0.25, 0.3) is 11.4 Å². The second-order valence-corrected chi connectivity index (χ2v) is 9.21. The van der Waals surface area contributed by atoms with Crippen molar-refractivity contribution < 1.29 is 4.79 Å². The van der Waals surface area contributed by atoms with Gasteiger partial charge in [0, 0.05) is 50.4 Å². The average molecular weight is 476 g/mol. The molecule has 1 aromatic heterocycles. The standard InChI is InChI=1S/C22H23Cl2N5OS/c1-27-21(18-7-2-3-8-19(18)24)25-26-22(27)31-15-20(30)29-11-9-28(10-12-29)14-16-5-4-6-17(23)13-16/h2-8,13H,9-12,14-15H2,1H3. The van der Waals surface area contributed by atoms with E-state index in [1.807, 2.05) is 59.0 Å². The maximum absolute atomic E-state index is 12.7. The van der Waals surface area contributed by atoms with Gasteiger partial charge in [-0.3, -0.25) is 9.69 Å². The molecule has 1 fully saturated rings. The van der Waals surface area contributed by atoms with Crippen molar-refractivity contribution in [3.05, 3.63) is 64.1 Å². The number of aromatic nitrogens is 3. The molecule has 1 amide bonds. The van der Waals surface area contributed by atoms with Crippen molar-refractivity contribution in [2.24, 2.45) is 7.05 Å². The number of hydrogen-bond acceptors (Lipinski definition) is 5. The van der Waals surface area contributed by atoms with E-state index in [9.17, 15) is 4.79 Å². The van der Waals surface area contributed by atoms with E-state index >= 15 is 0 Å². The molecule has 2 heterocycles. The number of carbonyl (C=O) groups is 1. The molecule has 0 bridgehead atoms. The Bertz CT molecular complexity index is 1070. The van der Waals surface area contributed by atoms with E-state index in [0.29, 0.717) is 21.8 Å². The number of benzene rings is 2. The van der Waals surface area contributed by atoms with Crippen molar-refractivity contribution in [1.82, 2.24) is 24.6 Å². The lowest BCUT2D eigenvalue weighted by Gasteiger charge is -2.34. The van der Waals surface area contributed by atoms with Gasteiger partial charge in [-0.25, -0.2) is 0 Å². The van der Waals surface area contributed by atoms with E-state index < -0.39 is 0 Å². The highest BCUT2D eigenvalue weighted by molar-refractivity contribution is 7.99. The molecule has 9 heteroatoms. The van der Waals surface area contributed by atoms with Gasteiger partial charge in [-0.1, -0.05) is 59.2 Å². The molecule has 6 nitrogen and oxygen atoms in total. The number of halogens is 2. The molecular weight excluding hydrogens is 453 g/mol. The van der Waals surface area contributed by atoms with Gasteiger partial charge in [-0.15, -0.1) is 10.2 Å². The molecule has 0 atom stereocenters. The van der Waals surface area contributed by atoms with Crippen molar-refractivity contribution in [2.45, 2.75) is 11.7 Å². The molecule has 0 saturated carbocycles. The maximum Gasteiger partial charge on any atom is 0.233 e. The second-order valence-electron chi connectivity index (χ2n) is 7.42. The molecule has 1 aliphatic heterocycles. The Morgan fingerprint density at radius 3 is 2.55 bits per heavy atom. The Morgan fingerprint density at radius 1 is 1.03 bits per heavy atom. The van der Waals surface area contributed by atoms with E-state index in [1.54, 1.807) is 0 Å². The summed E-state index contributed by atoms with van der Waals surface area (Å²) in [5, 5.41) is 10.6. The predicted octanol–water partition coefficient (Wildman–Crippen LogP) is 4.23. The van der Waals surface area contributed by atoms with Crippen LogP contribution < -0.4 is 0 Å². The van der Waals surface area contributed by atoms with E-state index in [2.05, 4.69) is 21.2 Å². The molecule has 0 aliphatic carbocycles. The minimum Gasteiger partial charge on any atom is -0.339 e. The Hall–Kier alpha value is -2.06. The molecule has 0 N–H and O–H groups in total. The summed E-state index contributed by atoms with van der Waals surface area (Å²) < 4.78 is 1.88. The molecule has 1 saturated heterocycles. The fraction of sp³-hybridized carbons (Fsp3) is 0.318. The maximum atomic E-state index is 12.7. The van der Waals surface area contributed by atoms with Crippen LogP contribution in [-0.4, -0.2) is 62.4 Å². The third-order valence-electron chi connectivity index (χ3n) is 5.29. The smallest absolute Gasteiger partial charge is 0.233 e. The zero-order valence-corrected chi connectivity index (χ0v) is 19.5. The number of hydrogen-bond donors (Lipinski definition) is 0. The molecule has 1 aliphatic rings. The van der Waals surface area contributed by atoms with Crippen LogP contribution in [0.4, 0.5) is 0 Å². The van der Waals surface area contributed by atoms with Crippen LogP contribution in [0.2, 0.25) is 10.0 Å². The first-order valence-electron chi connectivity index (χ1n) is 10.0. The highest BCUT2D eigenvalue weighted by Gasteiger charge is 2.22. The number of thioether (sulfide) groups is 1. The number of piperazine rings is 1. The van der Waals surface area contributed by atoms with Crippen LogP contribution in [0.3, 0.4) is 0 Å². The van der Waals surface area contributed by atoms with Crippen LogP contribution in [0.5, 0.6) is 0 Å². The highest BCUT2D eigenvalue weighted by atomic mass is 35.5. The van der Waals surface area contributed by atoms with Gasteiger partial charge in [0.25, 0.3) is 0 Å². The van der Waals surface area contributed by atoms with Crippen LogP contribution in [-0.2, 0) is 18.4 Å². The number of rotatable bonds is 6. The van der Waals surface area contributed by atoms with Gasteiger partial charge in [-0.05, 0) is 29.8 Å². The van der Waals surface area contributed by atoms with Gasteiger partial charge >= 0.3 is 0 Å². The van der Waals surface area contributed by atoms with Gasteiger partial charge in [-0.2, -0.15) is 0 Å². The van der Waals surface area contributed by atoms with Crippen molar-refractivity contribution in [2.75, 3.05) is 31.9 Å². The third-order valence-corrected chi connectivity index (χ3v) is 6.86. The molecule has 4 rings (SSSR count). The summed E-state index contributed by atoms with van der Waals surface area (Å²) in [6.45, 7) is 4.00. The van der Waals surface area contributed by atoms with Crippen molar-refractivity contribution in [3.8, 4) is 11.4 Å². The molecule has 31 heavy (non-hydrogen) atoms. The monoisotopic (exact) mass is 475 g/mol. The number of carbonyl (C=O) groups excluding carboxylic acids is 1. The molecule has 3 aromatic rings. The van der Waals surface area contributed by atoms with Crippen molar-refractivity contribution in [3.63, 3.8) is 0 Å². The van der Waals surface area contributed by atoms with E-state index in [1.165, 1.54) is 17.3 Å². The summed E-state index contributed by atoms with van der Waals surface area (Å²) in [6, 6.07) is 15.5. The SMILES string of the molecule is Cn1c(SCC(=O)N2CCN(Cc3cccc(Cl)c3)CC2)nnc1-c1ccccc1Cl. The van der Waals surface area contributed by atoms with Gasteiger partial charge < -0.3 is 9.47 Å². The highest BCUT2D eigenvalue weighted by Crippen LogP contribution is 2.28. The fourth-order valence-corrected chi connectivity index (χ4v) is 4.83. The van der Waals surface area contributed by atoms with Crippen LogP contribution in [0.15, 0.2) is 53.7 Å². The molecule has 2 aromatic carbocycles. The summed E-state index contributed by atoms with van der Waals surface area (Å²) in [4.78, 5) is 17.0. The molecule has 0 unspecified atom stereocenters. The third kappa shape index (κ3) is 5.41. The summed E-state index contributed by atoms with van der Waals surface area (Å²) in [7, 11) is 1.89. The topological polar surface area (TPSA) is 54.3 Å². The van der Waals surface area contributed by atoms with Crippen LogP contribution >= 0.6 is 35.0 Å². The Balaban J connectivity index is 1.29. The lowest BCUT2D eigenvalue weighted by molar-refractivity contribution is -0.130. The average Bonchev–Trinajstić information content (AvgIpc) is 3.13. The van der Waals surface area contributed by atoms with Crippen LogP contribution in [0, 0.1) is 0 Å². The lowest BCUT2D eigenvalue weighted by atomic mass is 10.2. The summed E-state index contributed by atoms with van der Waals surface area (Å²) >= 11 is 13.8. The largest absolute Gasteiger partial charge is 0.339 e. The molecular formula is C22H23Cl2N5OS. The molecule has 0 radical (unpaired) electrons. The normalized spacial score (nSPS) is 14.7. The molecule has 162 valence electrons. The van der Waals surface area contributed by atoms with Gasteiger partial charge in [0.05, 0.1) is 10.8 Å². The quantitative estimate of drug-likeness (QED) is 0.499. The van der Waals surface area contributed by atoms with E-state index in [4.69, 9.17) is 23.2 Å². The van der Waals surface area contributed by atoms with Gasteiger partial charge in [0.2, 0.25) is 5.91 Å². The minimum absolute atomic E-state index is 0.120. The van der Waals surface area contributed by atoms with Crippen molar-refractivity contribution >= 4 is 40.9 Å². The van der Waals surface area contributed by atoms with Gasteiger partial charge in [0.1, 0.15) is 0 Å². The first-order chi connectivity index (χ1) is 15.0. The number of amides is 1. The fourth-order valence-electron chi connectivity index (χ4n) is 3.58. The zero-order chi connectivity index (χ0) is 21.8. The minimum atomic E-state index is 0.120. The summed E-state index contributed by atoms with van der Waals surface area (Å²) in [6.07, 6.45) is 0. The second kappa shape index (κ2) is 10.0. The number of nitrogens with zero attached hydrogens (tertiary/aromatic N) is 5. The lowest BCUT2D eigenvalue weighted by Crippen LogP contribution is -2.48. The van der Waals surface area contributed by atoms with Crippen LogP contribution in [0.1, 0.15) is 5.56 Å². The molecule has 0 spiro atoms. The van der Waals surface area contributed by atoms with Gasteiger partial charge in [0.15, 0.2) is 11.0 Å². The first-order valence-corrected chi connectivity index (χ1v) is 11.8. The Labute approximate surface area is 196 Å². The Morgan fingerprint density at radius 2 is 1.81 bits per heavy atom. The van der Waals surface area contributed by atoms with E-state index in [-0.39, 0.29) is 5.91 Å². The zero-order valence-electron chi connectivity index (χ0n) is 17.2. The van der Waals surface area contributed by atoms with Crippen molar-refractivity contribution in [1.29, 1.82) is 0 Å². The predicted molar refractivity (Wildman–Crippen MR) is 125 cm³/mol. The summed E-state index contributed by atoms with van der Waals surface area (Å²) in [5.74, 6) is 1.15. The first kappa shape index (κ1) is 22.1. The van der Waals surface area contributed by atoms with E-state index in [0.717, 1.165) is 43.3 Å². The Kier molecular flexibility index (Phi) is 7.17.